The molecule has 0 radical (unpaired) electrons. The molecule has 0 spiro atoms. The summed E-state index contributed by atoms with van der Waals surface area (Å²) in [6.45, 7) is 9.71. The van der Waals surface area contributed by atoms with Gasteiger partial charge in [-0.2, -0.15) is 5.10 Å². The Balaban J connectivity index is 1.92. The molecule has 1 amide bonds. The maximum Gasteiger partial charge on any atom is 0.274 e. The van der Waals surface area contributed by atoms with Crippen LogP contribution in [-0.2, 0) is 7.05 Å². The Bertz CT molecular complexity index is 747. The van der Waals surface area contributed by atoms with Crippen LogP contribution in [0.1, 0.15) is 27.2 Å². The predicted octanol–water partition coefficient (Wildman–Crippen LogP) is 2.40. The zero-order valence-corrected chi connectivity index (χ0v) is 15.3. The van der Waals surface area contributed by atoms with Crippen molar-refractivity contribution >= 4 is 5.91 Å². The molecular weight excluding hydrogens is 300 g/mol. The topological polar surface area (TPSA) is 41.4 Å². The van der Waals surface area contributed by atoms with E-state index in [4.69, 9.17) is 0 Å². The van der Waals surface area contributed by atoms with Gasteiger partial charge in [-0.25, -0.2) is 0 Å². The molecule has 2 aromatic rings. The summed E-state index contributed by atoms with van der Waals surface area (Å²) in [5.41, 5.74) is 6.40. The number of benzene rings is 1. The van der Waals surface area contributed by atoms with E-state index < -0.39 is 0 Å². The molecule has 128 valence electrons. The maximum atomic E-state index is 12.8. The number of likely N-dealkylation sites (N-methyl/N-ethyl adjacent to an activating group) is 1. The smallest absolute Gasteiger partial charge is 0.274 e. The van der Waals surface area contributed by atoms with Crippen LogP contribution in [0.15, 0.2) is 18.2 Å². The number of nitrogens with zero attached hydrogens (tertiary/aromatic N) is 4. The lowest BCUT2D eigenvalue weighted by molar-refractivity contribution is 0.0657. The van der Waals surface area contributed by atoms with Crippen LogP contribution in [0.5, 0.6) is 0 Å². The van der Waals surface area contributed by atoms with Gasteiger partial charge in [0.2, 0.25) is 0 Å². The van der Waals surface area contributed by atoms with Crippen molar-refractivity contribution in [1.82, 2.24) is 19.6 Å². The first-order chi connectivity index (χ1) is 11.4. The van der Waals surface area contributed by atoms with Crippen molar-refractivity contribution in [3.8, 4) is 11.3 Å². The molecule has 5 heteroatoms. The molecule has 24 heavy (non-hydrogen) atoms. The first kappa shape index (κ1) is 16.7. The van der Waals surface area contributed by atoms with Crippen molar-refractivity contribution in [2.45, 2.75) is 20.8 Å². The lowest BCUT2D eigenvalue weighted by Crippen LogP contribution is -2.47. The van der Waals surface area contributed by atoms with E-state index >= 15 is 0 Å². The van der Waals surface area contributed by atoms with Crippen LogP contribution in [0.4, 0.5) is 0 Å². The van der Waals surface area contributed by atoms with Crippen molar-refractivity contribution in [3.05, 3.63) is 40.6 Å². The number of hydrogen-bond acceptors (Lipinski definition) is 3. The largest absolute Gasteiger partial charge is 0.335 e. The van der Waals surface area contributed by atoms with Crippen molar-refractivity contribution < 1.29 is 4.79 Å². The monoisotopic (exact) mass is 326 g/mol. The summed E-state index contributed by atoms with van der Waals surface area (Å²) in [6.07, 6.45) is 0. The van der Waals surface area contributed by atoms with Gasteiger partial charge in [0.25, 0.3) is 5.91 Å². The van der Waals surface area contributed by atoms with Gasteiger partial charge in [0.1, 0.15) is 0 Å². The standard InChI is InChI=1S/C19H26N4O/c1-13-10-14(2)18(15(3)11-13)17-12-16(20-22(17)5)19(24)23-8-6-21(4)7-9-23/h10-12H,6-9H2,1-5H3. The van der Waals surface area contributed by atoms with E-state index in [9.17, 15) is 4.79 Å². The molecule has 1 saturated heterocycles. The third-order valence-electron chi connectivity index (χ3n) is 4.82. The number of amides is 1. The summed E-state index contributed by atoms with van der Waals surface area (Å²) in [5.74, 6) is 0.0346. The highest BCUT2D eigenvalue weighted by molar-refractivity contribution is 5.93. The van der Waals surface area contributed by atoms with E-state index in [0.29, 0.717) is 5.69 Å². The lowest BCUT2D eigenvalue weighted by Gasteiger charge is -2.31. The fraction of sp³-hybridized carbons (Fsp3) is 0.474. The first-order valence-corrected chi connectivity index (χ1v) is 8.47. The Morgan fingerprint density at radius 1 is 0.958 bits per heavy atom. The number of aryl methyl sites for hydroxylation is 4. The van der Waals surface area contributed by atoms with Crippen LogP contribution in [0.3, 0.4) is 0 Å². The summed E-state index contributed by atoms with van der Waals surface area (Å²) in [5, 5.41) is 4.50. The van der Waals surface area contributed by atoms with Gasteiger partial charge < -0.3 is 9.80 Å². The molecule has 1 aromatic heterocycles. The molecule has 0 atom stereocenters. The summed E-state index contributed by atoms with van der Waals surface area (Å²) in [6, 6.07) is 6.29. The minimum absolute atomic E-state index is 0.0346. The Morgan fingerprint density at radius 3 is 2.12 bits per heavy atom. The van der Waals surface area contributed by atoms with Crippen molar-refractivity contribution in [1.29, 1.82) is 0 Å². The molecule has 3 rings (SSSR count). The fourth-order valence-corrected chi connectivity index (χ4v) is 3.56. The third kappa shape index (κ3) is 3.08. The molecule has 0 saturated carbocycles. The van der Waals surface area contributed by atoms with E-state index in [2.05, 4.69) is 50.0 Å². The molecule has 2 heterocycles. The average molecular weight is 326 g/mol. The second kappa shape index (κ2) is 6.40. The molecule has 0 N–H and O–H groups in total. The second-order valence-corrected chi connectivity index (χ2v) is 6.91. The molecule has 1 aromatic carbocycles. The Hall–Kier alpha value is -2.14. The van der Waals surface area contributed by atoms with Gasteiger partial charge in [-0.3, -0.25) is 9.48 Å². The van der Waals surface area contributed by atoms with E-state index in [1.807, 2.05) is 22.7 Å². The zero-order chi connectivity index (χ0) is 17.4. The normalized spacial score (nSPS) is 15.8. The molecule has 5 nitrogen and oxygen atoms in total. The molecule has 1 aliphatic heterocycles. The Kier molecular flexibility index (Phi) is 4.45. The number of aromatic nitrogens is 2. The molecular formula is C19H26N4O. The van der Waals surface area contributed by atoms with Crippen LogP contribution in [0.25, 0.3) is 11.3 Å². The summed E-state index contributed by atoms with van der Waals surface area (Å²) in [4.78, 5) is 16.9. The van der Waals surface area contributed by atoms with E-state index in [-0.39, 0.29) is 5.91 Å². The minimum Gasteiger partial charge on any atom is -0.335 e. The van der Waals surface area contributed by atoms with Gasteiger partial charge in [0.05, 0.1) is 5.69 Å². The van der Waals surface area contributed by atoms with Gasteiger partial charge in [0.15, 0.2) is 5.69 Å². The van der Waals surface area contributed by atoms with Crippen molar-refractivity contribution in [3.63, 3.8) is 0 Å². The number of carbonyl (C=O) groups excluding carboxylic acids is 1. The van der Waals surface area contributed by atoms with Crippen LogP contribution >= 0.6 is 0 Å². The van der Waals surface area contributed by atoms with Crippen LogP contribution in [0, 0.1) is 20.8 Å². The summed E-state index contributed by atoms with van der Waals surface area (Å²) in [7, 11) is 4.00. The SMILES string of the molecule is Cc1cc(C)c(-c2cc(C(=O)N3CCN(C)CC3)nn2C)c(C)c1. The van der Waals surface area contributed by atoms with Crippen LogP contribution < -0.4 is 0 Å². The van der Waals surface area contributed by atoms with E-state index in [1.165, 1.54) is 22.3 Å². The molecule has 0 bridgehead atoms. The van der Waals surface area contributed by atoms with Gasteiger partial charge in [-0.05, 0) is 45.0 Å². The van der Waals surface area contributed by atoms with Crippen molar-refractivity contribution in [2.24, 2.45) is 7.05 Å². The highest BCUT2D eigenvalue weighted by Gasteiger charge is 2.24. The van der Waals surface area contributed by atoms with E-state index in [0.717, 1.165) is 31.9 Å². The fourth-order valence-electron chi connectivity index (χ4n) is 3.56. The number of piperazine rings is 1. The first-order valence-electron chi connectivity index (χ1n) is 8.47. The summed E-state index contributed by atoms with van der Waals surface area (Å²) < 4.78 is 1.83. The van der Waals surface area contributed by atoms with Gasteiger partial charge in [-0.1, -0.05) is 17.7 Å². The Morgan fingerprint density at radius 2 is 1.54 bits per heavy atom. The quantitative estimate of drug-likeness (QED) is 0.851. The van der Waals surface area contributed by atoms with Gasteiger partial charge >= 0.3 is 0 Å². The maximum absolute atomic E-state index is 12.8. The third-order valence-corrected chi connectivity index (χ3v) is 4.82. The van der Waals surface area contributed by atoms with Crippen molar-refractivity contribution in [2.75, 3.05) is 33.2 Å². The molecule has 1 aliphatic rings. The number of carbonyl (C=O) groups is 1. The summed E-state index contributed by atoms with van der Waals surface area (Å²) >= 11 is 0. The zero-order valence-electron chi connectivity index (χ0n) is 15.3. The van der Waals surface area contributed by atoms with Crippen LogP contribution in [0.2, 0.25) is 0 Å². The second-order valence-electron chi connectivity index (χ2n) is 6.91. The molecule has 0 aliphatic carbocycles. The van der Waals surface area contributed by atoms with Crippen LogP contribution in [-0.4, -0.2) is 58.7 Å². The average Bonchev–Trinajstić information content (AvgIpc) is 2.88. The Labute approximate surface area is 143 Å². The minimum atomic E-state index is 0.0346. The predicted molar refractivity (Wildman–Crippen MR) is 96.3 cm³/mol. The van der Waals surface area contributed by atoms with E-state index in [1.54, 1.807) is 0 Å². The van der Waals surface area contributed by atoms with Gasteiger partial charge in [0, 0.05) is 38.8 Å². The van der Waals surface area contributed by atoms with Gasteiger partial charge in [-0.15, -0.1) is 0 Å². The number of rotatable bonds is 2. The highest BCUT2D eigenvalue weighted by atomic mass is 16.2. The lowest BCUT2D eigenvalue weighted by atomic mass is 9.97. The molecule has 1 fully saturated rings. The number of hydrogen-bond donors (Lipinski definition) is 0. The molecule has 0 unspecified atom stereocenters. The highest BCUT2D eigenvalue weighted by Crippen LogP contribution is 2.29.